The highest BCUT2D eigenvalue weighted by Gasteiger charge is 2.27. The molecule has 2 fully saturated rings. The molecule has 266 valence electrons. The van der Waals surface area contributed by atoms with Crippen LogP contribution in [-0.4, -0.2) is 81.3 Å². The second kappa shape index (κ2) is 13.9. The van der Waals surface area contributed by atoms with Crippen LogP contribution in [0.5, 0.6) is 5.75 Å². The number of hydrogen-bond donors (Lipinski definition) is 1. The number of benzene rings is 2. The van der Waals surface area contributed by atoms with Gasteiger partial charge in [0, 0.05) is 115 Å². The van der Waals surface area contributed by atoms with Gasteiger partial charge in [0.05, 0.1) is 35.2 Å². The van der Waals surface area contributed by atoms with E-state index >= 15 is 0 Å². The second-order valence-corrected chi connectivity index (χ2v) is 17.8. The van der Waals surface area contributed by atoms with Crippen LogP contribution >= 0.6 is 23.1 Å². The van der Waals surface area contributed by atoms with Crippen LogP contribution in [0.1, 0.15) is 35.8 Å². The number of halogens is 1. The van der Waals surface area contributed by atoms with Crippen LogP contribution in [0.4, 0.5) is 23.0 Å². The fourth-order valence-electron chi connectivity index (χ4n) is 6.99. The van der Waals surface area contributed by atoms with Gasteiger partial charge in [0.15, 0.2) is 0 Å². The maximum absolute atomic E-state index is 13.8. The minimum absolute atomic E-state index is 0.428. The molecule has 1 saturated heterocycles. The molecular weight excluding hydrogens is 739 g/mol. The van der Waals surface area contributed by atoms with Crippen LogP contribution in [0.3, 0.4) is 0 Å². The van der Waals surface area contributed by atoms with Gasteiger partial charge in [-0.05, 0) is 66.4 Å². The standard InChI is InChI=1S/C38H40BrN10O2P/c1-47-23-26(20-43-47)28-17-25(34(51-2)19-33(28)48-13-15-49(16-14-48)36-22-40-11-12-41-36)18-35-42-21-29(39)38(46-35)45-32-10-9-31-27(37(32)52(3,4)50)7-8-30(44-31)24-5-6-24/h7-12,17,19-24H,5-6,13-16,18H2,1-4H3,(H,42,45,46). The number of ether oxygens (including phenoxy) is 1. The number of piperazine rings is 1. The Hall–Kier alpha value is -4.87. The highest BCUT2D eigenvalue weighted by atomic mass is 79.9. The number of aromatic nitrogens is 7. The SMILES string of the molecule is COc1cc(N2CCN(c3cnccn3)CC2)c(-c2cnn(C)c2)cc1Cc1ncc(Br)c(Nc2ccc3nc(C4CC4)ccc3c2P(C)(C)=O)n1. The quantitative estimate of drug-likeness (QED) is 0.148. The molecule has 52 heavy (non-hydrogen) atoms. The molecule has 5 heterocycles. The summed E-state index contributed by atoms with van der Waals surface area (Å²) in [4.78, 5) is 28.0. The van der Waals surface area contributed by atoms with Crippen LogP contribution in [0, 0.1) is 0 Å². The minimum Gasteiger partial charge on any atom is -0.496 e. The van der Waals surface area contributed by atoms with E-state index in [1.165, 1.54) is 12.8 Å². The number of nitrogens with one attached hydrogen (secondary N) is 1. The zero-order valence-electron chi connectivity index (χ0n) is 29.6. The van der Waals surface area contributed by atoms with Crippen molar-refractivity contribution in [2.24, 2.45) is 7.05 Å². The third kappa shape index (κ3) is 6.99. The molecule has 2 aromatic carbocycles. The Morgan fingerprint density at radius 2 is 1.77 bits per heavy atom. The average molecular weight is 780 g/mol. The van der Waals surface area contributed by atoms with E-state index < -0.39 is 7.14 Å². The molecule has 6 aromatic rings. The van der Waals surface area contributed by atoms with Crippen molar-refractivity contribution < 1.29 is 9.30 Å². The second-order valence-electron chi connectivity index (χ2n) is 13.8. The third-order valence-corrected chi connectivity index (χ3v) is 11.8. The van der Waals surface area contributed by atoms with Crippen molar-refractivity contribution in [2.45, 2.75) is 25.2 Å². The third-order valence-electron chi connectivity index (χ3n) is 9.70. The Balaban J connectivity index is 1.11. The molecule has 1 aliphatic heterocycles. The Morgan fingerprint density at radius 3 is 2.46 bits per heavy atom. The Morgan fingerprint density at radius 1 is 0.962 bits per heavy atom. The van der Waals surface area contributed by atoms with Crippen LogP contribution in [-0.2, 0) is 18.0 Å². The molecule has 14 heteroatoms. The lowest BCUT2D eigenvalue weighted by molar-refractivity contribution is 0.410. The van der Waals surface area contributed by atoms with Crippen molar-refractivity contribution in [1.82, 2.24) is 34.7 Å². The Kier molecular flexibility index (Phi) is 9.17. The van der Waals surface area contributed by atoms with E-state index in [1.807, 2.05) is 42.5 Å². The zero-order chi connectivity index (χ0) is 36.0. The zero-order valence-corrected chi connectivity index (χ0v) is 32.1. The molecule has 12 nitrogen and oxygen atoms in total. The van der Waals surface area contributed by atoms with Gasteiger partial charge in [-0.2, -0.15) is 5.10 Å². The summed E-state index contributed by atoms with van der Waals surface area (Å²) in [5.74, 6) is 3.39. The smallest absolute Gasteiger partial charge is 0.148 e. The number of aryl methyl sites for hydroxylation is 1. The summed E-state index contributed by atoms with van der Waals surface area (Å²) in [5.41, 5.74) is 6.83. The van der Waals surface area contributed by atoms with Crippen LogP contribution in [0.2, 0.25) is 0 Å². The van der Waals surface area contributed by atoms with Crippen molar-refractivity contribution >= 4 is 62.3 Å². The van der Waals surface area contributed by atoms with Gasteiger partial charge >= 0.3 is 0 Å². The van der Waals surface area contributed by atoms with Crippen molar-refractivity contribution in [1.29, 1.82) is 0 Å². The molecule has 0 amide bonds. The van der Waals surface area contributed by atoms with Gasteiger partial charge in [-0.3, -0.25) is 14.6 Å². The molecule has 1 saturated carbocycles. The maximum atomic E-state index is 13.8. The van der Waals surface area contributed by atoms with Crippen molar-refractivity contribution in [2.75, 3.05) is 61.7 Å². The molecule has 0 bridgehead atoms. The van der Waals surface area contributed by atoms with Crippen molar-refractivity contribution in [3.8, 4) is 16.9 Å². The number of fused-ring (bicyclic) bond motifs is 1. The molecular formula is C38H40BrN10O2P. The lowest BCUT2D eigenvalue weighted by Gasteiger charge is -2.37. The van der Waals surface area contributed by atoms with Gasteiger partial charge in [0.1, 0.15) is 30.4 Å². The highest BCUT2D eigenvalue weighted by molar-refractivity contribution is 9.10. The summed E-state index contributed by atoms with van der Waals surface area (Å²) in [7, 11) is 0.907. The topological polar surface area (TPSA) is 127 Å². The van der Waals surface area contributed by atoms with E-state index in [9.17, 15) is 4.57 Å². The van der Waals surface area contributed by atoms with Crippen molar-refractivity contribution in [3.63, 3.8) is 0 Å². The number of rotatable bonds is 10. The van der Waals surface area contributed by atoms with Crippen LogP contribution < -0.4 is 25.2 Å². The molecule has 0 spiro atoms. The van der Waals surface area contributed by atoms with Crippen LogP contribution in [0.15, 0.2) is 78.1 Å². The fourth-order valence-corrected chi connectivity index (χ4v) is 8.76. The molecule has 2 aliphatic rings. The normalized spacial score (nSPS) is 14.9. The Bertz CT molecular complexity index is 2320. The lowest BCUT2D eigenvalue weighted by Crippen LogP contribution is -2.47. The summed E-state index contributed by atoms with van der Waals surface area (Å²) >= 11 is 3.66. The molecule has 0 atom stereocenters. The number of methoxy groups -OCH3 is 1. The van der Waals surface area contributed by atoms with Gasteiger partial charge in [0.25, 0.3) is 0 Å². The van der Waals surface area contributed by atoms with Gasteiger partial charge in [-0.1, -0.05) is 6.07 Å². The number of pyridine rings is 1. The fraction of sp³-hybridized carbons (Fsp3) is 0.316. The lowest BCUT2D eigenvalue weighted by atomic mass is 9.99. The molecule has 1 N–H and O–H groups in total. The number of nitrogens with zero attached hydrogens (tertiary/aromatic N) is 9. The summed E-state index contributed by atoms with van der Waals surface area (Å²) in [6.45, 7) is 6.87. The summed E-state index contributed by atoms with van der Waals surface area (Å²) in [5, 5.41) is 9.65. The largest absolute Gasteiger partial charge is 0.496 e. The summed E-state index contributed by atoms with van der Waals surface area (Å²) in [6.07, 6.45) is 13.7. The van der Waals surface area contributed by atoms with E-state index in [2.05, 4.69) is 70.4 Å². The van der Waals surface area contributed by atoms with Gasteiger partial charge < -0.3 is 24.4 Å². The summed E-state index contributed by atoms with van der Waals surface area (Å²) in [6, 6.07) is 12.4. The molecule has 0 unspecified atom stereocenters. The number of anilines is 4. The summed E-state index contributed by atoms with van der Waals surface area (Å²) < 4.78 is 22.3. The van der Waals surface area contributed by atoms with Crippen LogP contribution in [0.25, 0.3) is 22.0 Å². The minimum atomic E-state index is -2.72. The van der Waals surface area contributed by atoms with E-state index in [0.717, 1.165) is 87.7 Å². The first-order valence-corrected chi connectivity index (χ1v) is 20.8. The van der Waals surface area contributed by atoms with Gasteiger partial charge in [-0.15, -0.1) is 0 Å². The predicted molar refractivity (Wildman–Crippen MR) is 210 cm³/mol. The molecule has 4 aromatic heterocycles. The van der Waals surface area contributed by atoms with E-state index in [4.69, 9.17) is 19.7 Å². The number of hydrogen-bond acceptors (Lipinski definition) is 11. The molecule has 8 rings (SSSR count). The van der Waals surface area contributed by atoms with E-state index in [0.29, 0.717) is 28.5 Å². The first-order chi connectivity index (χ1) is 25.1. The van der Waals surface area contributed by atoms with Crippen molar-refractivity contribution in [3.05, 3.63) is 95.1 Å². The average Bonchev–Trinajstić information content (AvgIpc) is 3.92. The van der Waals surface area contributed by atoms with Gasteiger partial charge in [0.2, 0.25) is 0 Å². The Labute approximate surface area is 311 Å². The first kappa shape index (κ1) is 34.2. The highest BCUT2D eigenvalue weighted by Crippen LogP contribution is 2.44. The predicted octanol–water partition coefficient (Wildman–Crippen LogP) is 6.77. The van der Waals surface area contributed by atoms with E-state index in [-0.39, 0.29) is 0 Å². The first-order valence-electron chi connectivity index (χ1n) is 17.4. The monoisotopic (exact) mass is 778 g/mol. The van der Waals surface area contributed by atoms with E-state index in [1.54, 1.807) is 39.0 Å². The maximum Gasteiger partial charge on any atom is 0.148 e. The molecule has 0 radical (unpaired) electrons. The molecule has 1 aliphatic carbocycles. The van der Waals surface area contributed by atoms with Gasteiger partial charge in [-0.25, -0.2) is 15.0 Å².